The van der Waals surface area contributed by atoms with Crippen LogP contribution in [-0.4, -0.2) is 41.3 Å². The number of ether oxygens (including phenoxy) is 1. The first-order valence-corrected chi connectivity index (χ1v) is 8.59. The van der Waals surface area contributed by atoms with Crippen molar-refractivity contribution in [2.75, 3.05) is 11.9 Å². The van der Waals surface area contributed by atoms with E-state index < -0.39 is 23.9 Å². The second kappa shape index (κ2) is 7.42. The molecule has 2 atom stereocenters. The Morgan fingerprint density at radius 2 is 1.84 bits per heavy atom. The zero-order valence-corrected chi connectivity index (χ0v) is 15.6. The van der Waals surface area contributed by atoms with Crippen LogP contribution in [0.25, 0.3) is 0 Å². The number of carbonyl (C=O) groups is 2. The van der Waals surface area contributed by atoms with E-state index >= 15 is 0 Å². The molecule has 1 aliphatic heterocycles. The first kappa shape index (κ1) is 19.2. The van der Waals surface area contributed by atoms with Crippen molar-refractivity contribution < 1.29 is 18.7 Å². The van der Waals surface area contributed by atoms with Gasteiger partial charge in [0.1, 0.15) is 17.8 Å². The van der Waals surface area contributed by atoms with E-state index in [1.807, 2.05) is 32.0 Å². The van der Waals surface area contributed by atoms with Gasteiger partial charge in [0.25, 0.3) is 0 Å². The molecule has 25 heavy (non-hydrogen) atoms. The largest absolute Gasteiger partial charge is 0.444 e. The molecule has 0 aliphatic carbocycles. The molecule has 0 spiro atoms. The van der Waals surface area contributed by atoms with Crippen LogP contribution in [0.4, 0.5) is 14.9 Å². The normalized spacial score (nSPS) is 21.0. The van der Waals surface area contributed by atoms with E-state index in [1.165, 1.54) is 4.90 Å². The Labute approximate surface area is 148 Å². The molecule has 1 N–H and O–H groups in total. The van der Waals surface area contributed by atoms with Crippen molar-refractivity contribution in [1.82, 2.24) is 4.90 Å². The SMILES string of the molecule is Cc1cccc(C)c1NC(=O)[C@@H]1C[C@@H](F)CCN1C(=O)OC(C)(C)C. The minimum atomic E-state index is -1.10. The van der Waals surface area contributed by atoms with E-state index in [4.69, 9.17) is 4.74 Å². The number of carbonyl (C=O) groups excluding carboxylic acids is 2. The fraction of sp³-hybridized carbons (Fsp3) is 0.579. The molecule has 1 aromatic carbocycles. The highest BCUT2D eigenvalue weighted by molar-refractivity contribution is 5.97. The van der Waals surface area contributed by atoms with Crippen LogP contribution in [0.5, 0.6) is 0 Å². The van der Waals surface area contributed by atoms with Crippen molar-refractivity contribution in [3.05, 3.63) is 29.3 Å². The van der Waals surface area contributed by atoms with Crippen LogP contribution in [0.3, 0.4) is 0 Å². The number of hydrogen-bond acceptors (Lipinski definition) is 3. The molecule has 0 unspecified atom stereocenters. The topological polar surface area (TPSA) is 58.6 Å². The molecular weight excluding hydrogens is 323 g/mol. The average Bonchev–Trinajstić information content (AvgIpc) is 2.49. The first-order valence-electron chi connectivity index (χ1n) is 8.59. The van der Waals surface area contributed by atoms with Gasteiger partial charge in [-0.15, -0.1) is 0 Å². The van der Waals surface area contributed by atoms with Gasteiger partial charge in [-0.2, -0.15) is 0 Å². The molecule has 138 valence electrons. The van der Waals surface area contributed by atoms with Crippen molar-refractivity contribution in [1.29, 1.82) is 0 Å². The number of benzene rings is 1. The number of amides is 2. The lowest BCUT2D eigenvalue weighted by molar-refractivity contribution is -0.123. The van der Waals surface area contributed by atoms with Crippen molar-refractivity contribution in [2.24, 2.45) is 0 Å². The van der Waals surface area contributed by atoms with Crippen LogP contribution >= 0.6 is 0 Å². The predicted molar refractivity (Wildman–Crippen MR) is 95.4 cm³/mol. The molecule has 1 saturated heterocycles. The Balaban J connectivity index is 2.19. The number of halogens is 1. The van der Waals surface area contributed by atoms with E-state index in [9.17, 15) is 14.0 Å². The Kier molecular flexibility index (Phi) is 5.70. The van der Waals surface area contributed by atoms with Gasteiger partial charge in [-0.3, -0.25) is 9.69 Å². The van der Waals surface area contributed by atoms with E-state index in [0.29, 0.717) is 5.69 Å². The molecule has 0 aromatic heterocycles. The van der Waals surface area contributed by atoms with E-state index in [2.05, 4.69) is 5.32 Å². The molecule has 2 rings (SSSR count). The van der Waals surface area contributed by atoms with Crippen LogP contribution in [-0.2, 0) is 9.53 Å². The summed E-state index contributed by atoms with van der Waals surface area (Å²) in [6, 6.07) is 4.82. The van der Waals surface area contributed by atoms with Gasteiger partial charge in [0.05, 0.1) is 0 Å². The third kappa shape index (κ3) is 4.94. The predicted octanol–water partition coefficient (Wildman–Crippen LogP) is 3.98. The first-order chi connectivity index (χ1) is 11.6. The molecule has 0 radical (unpaired) electrons. The average molecular weight is 350 g/mol. The highest BCUT2D eigenvalue weighted by atomic mass is 19.1. The molecule has 5 nitrogen and oxygen atoms in total. The number of para-hydroxylation sites is 1. The third-order valence-corrected chi connectivity index (χ3v) is 4.20. The van der Waals surface area contributed by atoms with Crippen LogP contribution in [0.1, 0.15) is 44.7 Å². The van der Waals surface area contributed by atoms with Gasteiger partial charge in [0, 0.05) is 18.7 Å². The fourth-order valence-corrected chi connectivity index (χ4v) is 2.93. The number of aryl methyl sites for hydroxylation is 2. The van der Waals surface area contributed by atoms with Gasteiger partial charge < -0.3 is 10.1 Å². The minimum Gasteiger partial charge on any atom is -0.444 e. The second-order valence-electron chi connectivity index (χ2n) is 7.57. The fourth-order valence-electron chi connectivity index (χ4n) is 2.93. The lowest BCUT2D eigenvalue weighted by Gasteiger charge is -2.37. The van der Waals surface area contributed by atoms with Gasteiger partial charge >= 0.3 is 6.09 Å². The summed E-state index contributed by atoms with van der Waals surface area (Å²) in [5.74, 6) is -0.384. The van der Waals surface area contributed by atoms with Gasteiger partial charge in [-0.25, -0.2) is 9.18 Å². The van der Waals surface area contributed by atoms with Gasteiger partial charge in [-0.1, -0.05) is 18.2 Å². The quantitative estimate of drug-likeness (QED) is 0.878. The summed E-state index contributed by atoms with van der Waals surface area (Å²) in [7, 11) is 0. The summed E-state index contributed by atoms with van der Waals surface area (Å²) in [6.07, 6.45) is -1.49. The maximum atomic E-state index is 13.9. The molecule has 2 amide bonds. The summed E-state index contributed by atoms with van der Waals surface area (Å²) in [6.45, 7) is 9.25. The summed E-state index contributed by atoms with van der Waals surface area (Å²) in [5, 5.41) is 2.86. The number of nitrogens with zero attached hydrogens (tertiary/aromatic N) is 1. The molecule has 1 aromatic rings. The Hall–Kier alpha value is -2.11. The van der Waals surface area contributed by atoms with Crippen molar-refractivity contribution in [2.45, 2.75) is 65.3 Å². The molecule has 1 fully saturated rings. The van der Waals surface area contributed by atoms with Gasteiger partial charge in [-0.05, 0) is 52.2 Å². The standard InChI is InChI=1S/C19H27FN2O3/c1-12-7-6-8-13(2)16(12)21-17(23)15-11-14(20)9-10-22(15)18(24)25-19(3,4)5/h6-8,14-15H,9-11H2,1-5H3,(H,21,23)/t14-,15-/m0/s1. The highest BCUT2D eigenvalue weighted by Gasteiger charge is 2.38. The Bertz CT molecular complexity index is 634. The summed E-state index contributed by atoms with van der Waals surface area (Å²) >= 11 is 0. The second-order valence-corrected chi connectivity index (χ2v) is 7.57. The zero-order valence-electron chi connectivity index (χ0n) is 15.6. The number of alkyl halides is 1. The molecule has 6 heteroatoms. The Morgan fingerprint density at radius 1 is 1.24 bits per heavy atom. The van der Waals surface area contributed by atoms with E-state index in [-0.39, 0.29) is 25.3 Å². The number of piperidine rings is 1. The van der Waals surface area contributed by atoms with E-state index in [1.54, 1.807) is 20.8 Å². The maximum absolute atomic E-state index is 13.9. The van der Waals surface area contributed by atoms with Crippen LogP contribution in [0.15, 0.2) is 18.2 Å². The lowest BCUT2D eigenvalue weighted by Crippen LogP contribution is -2.53. The lowest BCUT2D eigenvalue weighted by atomic mass is 9.99. The van der Waals surface area contributed by atoms with Crippen LogP contribution < -0.4 is 5.32 Å². The number of rotatable bonds is 2. The zero-order chi connectivity index (χ0) is 18.8. The van der Waals surface area contributed by atoms with E-state index in [0.717, 1.165) is 11.1 Å². The minimum absolute atomic E-state index is 0.0179. The summed E-state index contributed by atoms with van der Waals surface area (Å²) < 4.78 is 19.3. The number of hydrogen-bond donors (Lipinski definition) is 1. The summed E-state index contributed by atoms with van der Waals surface area (Å²) in [4.78, 5) is 26.5. The molecular formula is C19H27FN2O3. The molecule has 0 saturated carbocycles. The van der Waals surface area contributed by atoms with Crippen molar-refractivity contribution in [3.8, 4) is 0 Å². The van der Waals surface area contributed by atoms with Crippen molar-refractivity contribution >= 4 is 17.7 Å². The Morgan fingerprint density at radius 3 is 2.40 bits per heavy atom. The molecule has 0 bridgehead atoms. The molecule has 1 heterocycles. The third-order valence-electron chi connectivity index (χ3n) is 4.20. The monoisotopic (exact) mass is 350 g/mol. The number of nitrogens with one attached hydrogen (secondary N) is 1. The number of likely N-dealkylation sites (tertiary alicyclic amines) is 1. The summed E-state index contributed by atoms with van der Waals surface area (Å²) in [5.41, 5.74) is 1.88. The maximum Gasteiger partial charge on any atom is 0.410 e. The smallest absolute Gasteiger partial charge is 0.410 e. The molecule has 1 aliphatic rings. The van der Waals surface area contributed by atoms with Gasteiger partial charge in [0.15, 0.2) is 0 Å². The van der Waals surface area contributed by atoms with Crippen LogP contribution in [0.2, 0.25) is 0 Å². The number of anilines is 1. The van der Waals surface area contributed by atoms with Gasteiger partial charge in [0.2, 0.25) is 5.91 Å². The van der Waals surface area contributed by atoms with Crippen molar-refractivity contribution in [3.63, 3.8) is 0 Å². The van der Waals surface area contributed by atoms with Crippen LogP contribution in [0, 0.1) is 13.8 Å². The highest BCUT2D eigenvalue weighted by Crippen LogP contribution is 2.25.